The van der Waals surface area contributed by atoms with Crippen molar-refractivity contribution >= 4 is 35.0 Å². The summed E-state index contributed by atoms with van der Waals surface area (Å²) in [5, 5.41) is 14.5. The van der Waals surface area contributed by atoms with Crippen molar-refractivity contribution in [2.75, 3.05) is 20.2 Å². The molecule has 6 aromatic rings. The number of alkyl carbamates (subject to hydrolysis) is 1. The van der Waals surface area contributed by atoms with E-state index < -0.39 is 24.3 Å². The summed E-state index contributed by atoms with van der Waals surface area (Å²) < 4.78 is 4.85. The second kappa shape index (κ2) is 16.8. The van der Waals surface area contributed by atoms with Crippen LogP contribution >= 0.6 is 0 Å². The SMILES string of the molecule is COC(=O)NC(C(=O)N1CCC[C@H]1c1nc2ccc(-c3ccc4c(c3)CCc3cc(-c5cnc([C@@H]6CCCN6C(=O)C(NC(=O)O)C(C)C)[nH]5)ccc3-4)cc2[nH]1)c1ccccc1. The Morgan fingerprint density at radius 3 is 2.06 bits per heavy atom. The third-order valence-corrected chi connectivity index (χ3v) is 12.6. The molecule has 3 aliphatic rings. The second-order valence-corrected chi connectivity index (χ2v) is 16.8. The molecule has 14 heteroatoms. The van der Waals surface area contributed by atoms with Gasteiger partial charge in [-0.05, 0) is 107 Å². The number of hydrogen-bond acceptors (Lipinski definition) is 7. The molecule has 318 valence electrons. The first-order valence-electron chi connectivity index (χ1n) is 21.4. The third-order valence-electron chi connectivity index (χ3n) is 12.6. The molecule has 0 radical (unpaired) electrons. The summed E-state index contributed by atoms with van der Waals surface area (Å²) in [6.45, 7) is 4.80. The van der Waals surface area contributed by atoms with Crippen LogP contribution in [0.25, 0.3) is 44.5 Å². The highest BCUT2D eigenvalue weighted by atomic mass is 16.5. The van der Waals surface area contributed by atoms with E-state index in [0.717, 1.165) is 77.8 Å². The number of rotatable bonds is 10. The van der Waals surface area contributed by atoms with E-state index in [4.69, 9.17) is 14.7 Å². The van der Waals surface area contributed by atoms with Crippen LogP contribution in [0, 0.1) is 5.92 Å². The summed E-state index contributed by atoms with van der Waals surface area (Å²) >= 11 is 0. The van der Waals surface area contributed by atoms with Crippen molar-refractivity contribution in [3.63, 3.8) is 0 Å². The molecule has 0 bridgehead atoms. The minimum absolute atomic E-state index is 0.186. The number of amides is 4. The van der Waals surface area contributed by atoms with Gasteiger partial charge in [0.1, 0.15) is 23.7 Å². The lowest BCUT2D eigenvalue weighted by molar-refractivity contribution is -0.135. The average molecular weight is 835 g/mol. The van der Waals surface area contributed by atoms with Crippen molar-refractivity contribution in [1.29, 1.82) is 0 Å². The number of aryl methyl sites for hydroxylation is 2. The van der Waals surface area contributed by atoms with E-state index in [1.165, 1.54) is 29.4 Å². The average Bonchev–Trinajstić information content (AvgIpc) is 4.13. The van der Waals surface area contributed by atoms with Crippen molar-refractivity contribution in [1.82, 2.24) is 40.4 Å². The van der Waals surface area contributed by atoms with Gasteiger partial charge in [-0.2, -0.15) is 0 Å². The molecule has 2 unspecified atom stereocenters. The number of fused-ring (bicyclic) bond motifs is 4. The van der Waals surface area contributed by atoms with E-state index in [-0.39, 0.29) is 29.8 Å². The molecule has 1 aliphatic carbocycles. The van der Waals surface area contributed by atoms with E-state index in [1.54, 1.807) is 4.90 Å². The summed E-state index contributed by atoms with van der Waals surface area (Å²) in [5.74, 6) is 0.821. The predicted octanol–water partition coefficient (Wildman–Crippen LogP) is 8.10. The molecule has 4 heterocycles. The number of imidazole rings is 2. The number of nitrogens with zero attached hydrogens (tertiary/aromatic N) is 4. The highest BCUT2D eigenvalue weighted by Crippen LogP contribution is 2.40. The van der Waals surface area contributed by atoms with Crippen LogP contribution in [0.4, 0.5) is 9.59 Å². The lowest BCUT2D eigenvalue weighted by Crippen LogP contribution is -2.50. The molecule has 2 aliphatic heterocycles. The van der Waals surface area contributed by atoms with Gasteiger partial charge in [-0.3, -0.25) is 9.59 Å². The van der Waals surface area contributed by atoms with Crippen molar-refractivity contribution in [2.45, 2.75) is 76.5 Å². The van der Waals surface area contributed by atoms with Gasteiger partial charge in [0.2, 0.25) is 5.91 Å². The first-order chi connectivity index (χ1) is 30.1. The maximum atomic E-state index is 14.0. The minimum Gasteiger partial charge on any atom is -0.465 e. The Balaban J connectivity index is 0.913. The number of hydrogen-bond donors (Lipinski definition) is 5. The molecule has 4 amide bonds. The molecule has 0 spiro atoms. The zero-order valence-electron chi connectivity index (χ0n) is 35.0. The fourth-order valence-corrected chi connectivity index (χ4v) is 9.49. The van der Waals surface area contributed by atoms with E-state index >= 15 is 0 Å². The van der Waals surface area contributed by atoms with Crippen LogP contribution in [0.5, 0.6) is 0 Å². The Kier molecular flexibility index (Phi) is 11.0. The third kappa shape index (κ3) is 7.76. The van der Waals surface area contributed by atoms with E-state index in [1.807, 2.05) is 61.3 Å². The monoisotopic (exact) mass is 834 g/mol. The topological polar surface area (TPSA) is 186 Å². The number of nitrogens with one attached hydrogen (secondary N) is 4. The van der Waals surface area contributed by atoms with Crippen molar-refractivity contribution in [3.8, 4) is 33.5 Å². The second-order valence-electron chi connectivity index (χ2n) is 16.8. The molecule has 5 N–H and O–H groups in total. The van der Waals surface area contributed by atoms with Crippen LogP contribution in [-0.2, 0) is 27.2 Å². The van der Waals surface area contributed by atoms with Crippen molar-refractivity contribution in [2.24, 2.45) is 5.92 Å². The van der Waals surface area contributed by atoms with Crippen LogP contribution in [0.3, 0.4) is 0 Å². The molecule has 2 aromatic heterocycles. The first kappa shape index (κ1) is 40.4. The predicted molar refractivity (Wildman–Crippen MR) is 234 cm³/mol. The Bertz CT molecular complexity index is 2670. The van der Waals surface area contributed by atoms with Crippen molar-refractivity contribution < 1.29 is 29.0 Å². The Morgan fingerprint density at radius 2 is 1.39 bits per heavy atom. The molecule has 2 fully saturated rings. The highest BCUT2D eigenvalue weighted by molar-refractivity contribution is 5.89. The van der Waals surface area contributed by atoms with Gasteiger partial charge >= 0.3 is 12.2 Å². The van der Waals surface area contributed by atoms with Gasteiger partial charge in [-0.25, -0.2) is 19.6 Å². The fraction of sp³-hybridized carbons (Fsp3) is 0.333. The van der Waals surface area contributed by atoms with Crippen LogP contribution in [0.2, 0.25) is 0 Å². The molecule has 0 saturated carbocycles. The number of carbonyl (C=O) groups is 4. The van der Waals surface area contributed by atoms with Gasteiger partial charge in [0, 0.05) is 13.1 Å². The van der Waals surface area contributed by atoms with Gasteiger partial charge in [0.05, 0.1) is 42.1 Å². The maximum Gasteiger partial charge on any atom is 0.407 e. The molecule has 2 saturated heterocycles. The summed E-state index contributed by atoms with van der Waals surface area (Å²) in [6, 6.07) is 26.4. The number of aromatic amines is 2. The smallest absolute Gasteiger partial charge is 0.407 e. The van der Waals surface area contributed by atoms with Crippen LogP contribution < -0.4 is 10.6 Å². The maximum absolute atomic E-state index is 14.0. The number of ether oxygens (including phenoxy) is 1. The van der Waals surface area contributed by atoms with Gasteiger partial charge in [-0.1, -0.05) is 80.6 Å². The normalized spacial score (nSPS) is 18.0. The number of benzene rings is 4. The van der Waals surface area contributed by atoms with Gasteiger partial charge in [-0.15, -0.1) is 0 Å². The number of aromatic nitrogens is 4. The molecular formula is C48H50N8O6. The van der Waals surface area contributed by atoms with Gasteiger partial charge in [0.15, 0.2) is 0 Å². The molecule has 14 nitrogen and oxygen atoms in total. The Labute approximate surface area is 359 Å². The minimum atomic E-state index is -1.21. The van der Waals surface area contributed by atoms with Crippen LogP contribution in [-0.4, -0.2) is 85.1 Å². The number of H-pyrrole nitrogens is 2. The summed E-state index contributed by atoms with van der Waals surface area (Å²) in [7, 11) is 1.29. The first-order valence-corrected chi connectivity index (χ1v) is 21.4. The van der Waals surface area contributed by atoms with E-state index in [9.17, 15) is 24.3 Å². The zero-order valence-corrected chi connectivity index (χ0v) is 35.0. The number of likely N-dealkylation sites (tertiary alicyclic amines) is 2. The lowest BCUT2D eigenvalue weighted by atomic mass is 9.83. The van der Waals surface area contributed by atoms with E-state index in [2.05, 4.69) is 69.1 Å². The van der Waals surface area contributed by atoms with E-state index in [0.29, 0.717) is 24.5 Å². The summed E-state index contributed by atoms with van der Waals surface area (Å²) in [6.07, 6.45) is 4.89. The molecule has 62 heavy (non-hydrogen) atoms. The largest absolute Gasteiger partial charge is 0.465 e. The Hall–Kier alpha value is -6.96. The Morgan fingerprint density at radius 1 is 0.758 bits per heavy atom. The van der Waals surface area contributed by atoms with Crippen LogP contribution in [0.15, 0.2) is 91.1 Å². The van der Waals surface area contributed by atoms with Crippen LogP contribution in [0.1, 0.15) is 86.0 Å². The van der Waals surface area contributed by atoms with Crippen molar-refractivity contribution in [3.05, 3.63) is 119 Å². The summed E-state index contributed by atoms with van der Waals surface area (Å²) in [4.78, 5) is 71.5. The fourth-order valence-electron chi connectivity index (χ4n) is 9.49. The number of carboxylic acid groups (broad SMARTS) is 1. The highest BCUT2D eigenvalue weighted by Gasteiger charge is 2.39. The zero-order chi connectivity index (χ0) is 43.1. The number of carbonyl (C=O) groups excluding carboxylic acids is 3. The lowest BCUT2D eigenvalue weighted by Gasteiger charge is -2.29. The number of methoxy groups -OCH3 is 1. The van der Waals surface area contributed by atoms with Gasteiger partial charge in [0.25, 0.3) is 5.91 Å². The molecule has 4 aromatic carbocycles. The standard InChI is InChI=1S/C48H50N8O6/c1-27(2)41(53-47(59)60)45(57)55-21-7-11-39(55)43-49-26-38(52-43)33-16-19-35-32(24-33)14-13-31-23-29(15-18-34(31)35)30-17-20-36-37(25-30)51-44(50-36)40-12-8-22-56(40)46(58)42(54-48(61)62-3)28-9-5-4-6-10-28/h4-6,9-10,15-20,23-27,39-42,53H,7-8,11-14,21-22H2,1-3H3,(H,49,52)(H,50,51)(H,54,61)(H,59,60)/t39-,40-,41?,42?/m0/s1. The van der Waals surface area contributed by atoms with Gasteiger partial charge < -0.3 is 40.2 Å². The molecule has 4 atom stereocenters. The molecular weight excluding hydrogens is 785 g/mol. The summed E-state index contributed by atoms with van der Waals surface area (Å²) in [5.41, 5.74) is 11.5. The quantitative estimate of drug-likeness (QED) is 0.0916. The molecule has 9 rings (SSSR count).